The molecule has 1 atom stereocenters. The lowest BCUT2D eigenvalue weighted by atomic mass is 9.96. The highest BCUT2D eigenvalue weighted by molar-refractivity contribution is 5.92. The van der Waals surface area contributed by atoms with Crippen LogP contribution in [0.1, 0.15) is 53.5 Å². The number of carbonyl (C=O) groups excluding carboxylic acids is 1. The first-order valence-electron chi connectivity index (χ1n) is 10.4. The fourth-order valence-electron chi connectivity index (χ4n) is 4.34. The molecule has 4 heterocycles. The number of carbonyl (C=O) groups is 1. The molecule has 0 radical (unpaired) electrons. The molecule has 2 fully saturated rings. The van der Waals surface area contributed by atoms with E-state index in [1.54, 1.807) is 10.9 Å². The van der Waals surface area contributed by atoms with Crippen molar-refractivity contribution in [1.29, 1.82) is 0 Å². The van der Waals surface area contributed by atoms with Crippen LogP contribution in [-0.4, -0.2) is 61.6 Å². The third kappa shape index (κ3) is 3.76. The van der Waals surface area contributed by atoms with Crippen molar-refractivity contribution in [2.45, 2.75) is 51.2 Å². The van der Waals surface area contributed by atoms with E-state index >= 15 is 0 Å². The number of ether oxygens (including phenoxy) is 1. The zero-order valence-corrected chi connectivity index (χ0v) is 16.7. The number of aryl methyl sites for hydroxylation is 1. The monoisotopic (exact) mass is 394 g/mol. The van der Waals surface area contributed by atoms with Gasteiger partial charge in [-0.15, -0.1) is 5.10 Å². The molecule has 2 aromatic heterocycles. The molecule has 0 spiro atoms. The molecule has 1 N–H and O–H groups in total. The van der Waals surface area contributed by atoms with E-state index in [0.717, 1.165) is 49.1 Å². The maximum atomic E-state index is 12.8. The summed E-state index contributed by atoms with van der Waals surface area (Å²) in [5.74, 6) is 1.34. The molecule has 3 aromatic rings. The molecule has 2 aliphatic rings. The Morgan fingerprint density at radius 2 is 2.14 bits per heavy atom. The number of hydrogen-bond acceptors (Lipinski definition) is 5. The summed E-state index contributed by atoms with van der Waals surface area (Å²) in [7, 11) is 0. The third-order valence-corrected chi connectivity index (χ3v) is 6.00. The van der Waals surface area contributed by atoms with Crippen molar-refractivity contribution in [2.24, 2.45) is 0 Å². The predicted octanol–water partition coefficient (Wildman–Crippen LogP) is 2.66. The highest BCUT2D eigenvalue weighted by atomic mass is 16.5. The number of H-pyrrole nitrogens is 1. The average Bonchev–Trinajstić information content (AvgIpc) is 3.48. The molecule has 2 aliphatic heterocycles. The van der Waals surface area contributed by atoms with Gasteiger partial charge in [0.25, 0.3) is 5.91 Å². The topological polar surface area (TPSA) is 88.9 Å². The number of nitrogens with zero attached hydrogens (tertiary/aromatic N) is 5. The molecular weight excluding hydrogens is 368 g/mol. The fraction of sp³-hybridized carbons (Fsp3) is 0.524. The van der Waals surface area contributed by atoms with Gasteiger partial charge in [0.2, 0.25) is 0 Å². The molecule has 5 rings (SSSR count). The zero-order valence-electron chi connectivity index (χ0n) is 16.7. The van der Waals surface area contributed by atoms with Gasteiger partial charge in [-0.3, -0.25) is 4.79 Å². The van der Waals surface area contributed by atoms with E-state index in [9.17, 15) is 4.79 Å². The Bertz CT molecular complexity index is 1010. The molecule has 1 aromatic carbocycles. The van der Waals surface area contributed by atoms with Gasteiger partial charge in [-0.1, -0.05) is 11.3 Å². The largest absolute Gasteiger partial charge is 0.376 e. The number of likely N-dealkylation sites (tertiary alicyclic amines) is 1. The third-order valence-electron chi connectivity index (χ3n) is 6.00. The zero-order chi connectivity index (χ0) is 19.8. The van der Waals surface area contributed by atoms with Crippen LogP contribution in [0.15, 0.2) is 24.4 Å². The van der Waals surface area contributed by atoms with Gasteiger partial charge in [0.15, 0.2) is 5.69 Å². The number of fused-ring (bicyclic) bond motifs is 1. The molecule has 1 amide bonds. The van der Waals surface area contributed by atoms with E-state index in [4.69, 9.17) is 9.72 Å². The van der Waals surface area contributed by atoms with Gasteiger partial charge in [-0.25, -0.2) is 9.67 Å². The summed E-state index contributed by atoms with van der Waals surface area (Å²) in [4.78, 5) is 22.9. The summed E-state index contributed by atoms with van der Waals surface area (Å²) in [6.45, 7) is 4.97. The standard InChI is InChI=1S/C21H26N6O2/c1-14-4-5-17-18(11-14)23-20(22-17)15-6-8-26(9-7-15)21(28)19-13-27(25-24-19)12-16-3-2-10-29-16/h4-5,11,13,15-16H,2-3,6-10,12H2,1H3,(H,22,23). The van der Waals surface area contributed by atoms with Crippen LogP contribution in [0.4, 0.5) is 0 Å². The summed E-state index contributed by atoms with van der Waals surface area (Å²) in [6.07, 6.45) is 5.85. The molecule has 0 aliphatic carbocycles. The number of aromatic amines is 1. The Hall–Kier alpha value is -2.74. The van der Waals surface area contributed by atoms with E-state index in [-0.39, 0.29) is 12.0 Å². The Labute approximate surface area is 169 Å². The lowest BCUT2D eigenvalue weighted by Crippen LogP contribution is -2.38. The average molecular weight is 394 g/mol. The van der Waals surface area contributed by atoms with Crippen LogP contribution in [0.3, 0.4) is 0 Å². The first-order chi connectivity index (χ1) is 14.2. The number of rotatable bonds is 4. The molecule has 29 heavy (non-hydrogen) atoms. The van der Waals surface area contributed by atoms with Crippen LogP contribution in [0.2, 0.25) is 0 Å². The summed E-state index contributed by atoms with van der Waals surface area (Å²) in [5, 5.41) is 8.21. The van der Waals surface area contributed by atoms with E-state index in [0.29, 0.717) is 31.2 Å². The number of imidazole rings is 1. The normalized spacial score (nSPS) is 20.6. The summed E-state index contributed by atoms with van der Waals surface area (Å²) in [5.41, 5.74) is 3.73. The lowest BCUT2D eigenvalue weighted by molar-refractivity contribution is 0.0704. The summed E-state index contributed by atoms with van der Waals surface area (Å²) in [6, 6.07) is 6.27. The van der Waals surface area contributed by atoms with E-state index in [2.05, 4.69) is 40.4 Å². The number of piperidine rings is 1. The van der Waals surface area contributed by atoms with Crippen molar-refractivity contribution in [3.8, 4) is 0 Å². The SMILES string of the molecule is Cc1ccc2nc(C3CCN(C(=O)c4cn(CC5CCCO5)nn4)CC3)[nH]c2c1. The van der Waals surface area contributed by atoms with Gasteiger partial charge in [-0.05, 0) is 50.3 Å². The molecular formula is C21H26N6O2. The van der Waals surface area contributed by atoms with Crippen molar-refractivity contribution in [3.63, 3.8) is 0 Å². The van der Waals surface area contributed by atoms with Crippen molar-refractivity contribution < 1.29 is 9.53 Å². The summed E-state index contributed by atoms with van der Waals surface area (Å²) >= 11 is 0. The minimum Gasteiger partial charge on any atom is -0.376 e. The lowest BCUT2D eigenvalue weighted by Gasteiger charge is -2.30. The minimum atomic E-state index is -0.0396. The van der Waals surface area contributed by atoms with E-state index in [1.165, 1.54) is 5.56 Å². The van der Waals surface area contributed by atoms with Crippen LogP contribution >= 0.6 is 0 Å². The summed E-state index contributed by atoms with van der Waals surface area (Å²) < 4.78 is 7.36. The molecule has 152 valence electrons. The first-order valence-corrected chi connectivity index (χ1v) is 10.4. The van der Waals surface area contributed by atoms with Crippen molar-refractivity contribution in [3.05, 3.63) is 41.5 Å². The Morgan fingerprint density at radius 1 is 1.28 bits per heavy atom. The molecule has 1 unspecified atom stereocenters. The highest BCUT2D eigenvalue weighted by Crippen LogP contribution is 2.28. The van der Waals surface area contributed by atoms with Crippen molar-refractivity contribution >= 4 is 16.9 Å². The number of amides is 1. The van der Waals surface area contributed by atoms with Gasteiger partial charge < -0.3 is 14.6 Å². The Balaban J connectivity index is 1.20. The van der Waals surface area contributed by atoms with Crippen molar-refractivity contribution in [2.75, 3.05) is 19.7 Å². The maximum absolute atomic E-state index is 12.8. The van der Waals surface area contributed by atoms with Gasteiger partial charge >= 0.3 is 0 Å². The smallest absolute Gasteiger partial charge is 0.276 e. The first kappa shape index (κ1) is 18.3. The van der Waals surface area contributed by atoms with E-state index < -0.39 is 0 Å². The molecule has 8 heteroatoms. The van der Waals surface area contributed by atoms with Gasteiger partial charge in [0.05, 0.1) is 29.9 Å². The number of nitrogens with one attached hydrogen (secondary N) is 1. The minimum absolute atomic E-state index is 0.0396. The highest BCUT2D eigenvalue weighted by Gasteiger charge is 2.28. The van der Waals surface area contributed by atoms with Gasteiger partial charge in [-0.2, -0.15) is 0 Å². The van der Waals surface area contributed by atoms with Crippen molar-refractivity contribution in [1.82, 2.24) is 29.9 Å². The van der Waals surface area contributed by atoms with Crippen LogP contribution in [0.25, 0.3) is 11.0 Å². The maximum Gasteiger partial charge on any atom is 0.276 e. The number of hydrogen-bond donors (Lipinski definition) is 1. The molecule has 0 bridgehead atoms. The molecule has 2 saturated heterocycles. The Kier molecular flexibility index (Phi) is 4.79. The van der Waals surface area contributed by atoms with Crippen LogP contribution in [-0.2, 0) is 11.3 Å². The second kappa shape index (κ2) is 7.59. The van der Waals surface area contributed by atoms with Crippen LogP contribution < -0.4 is 0 Å². The Morgan fingerprint density at radius 3 is 2.93 bits per heavy atom. The predicted molar refractivity (Wildman–Crippen MR) is 108 cm³/mol. The number of benzene rings is 1. The van der Waals surface area contributed by atoms with E-state index in [1.807, 2.05) is 4.90 Å². The molecule has 0 saturated carbocycles. The molecule has 8 nitrogen and oxygen atoms in total. The second-order valence-electron chi connectivity index (χ2n) is 8.17. The van der Waals surface area contributed by atoms with Gasteiger partial charge in [0, 0.05) is 25.6 Å². The number of aromatic nitrogens is 5. The quantitative estimate of drug-likeness (QED) is 0.735. The fourth-order valence-corrected chi connectivity index (χ4v) is 4.34. The van der Waals surface area contributed by atoms with Crippen LogP contribution in [0, 0.1) is 6.92 Å². The van der Waals surface area contributed by atoms with Crippen LogP contribution in [0.5, 0.6) is 0 Å². The van der Waals surface area contributed by atoms with Gasteiger partial charge in [0.1, 0.15) is 5.82 Å². The second-order valence-corrected chi connectivity index (χ2v) is 8.17.